The molecule has 35 heavy (non-hydrogen) atoms. The lowest BCUT2D eigenvalue weighted by molar-refractivity contribution is 0.304. The Kier molecular flexibility index (Phi) is 8.67. The summed E-state index contributed by atoms with van der Waals surface area (Å²) in [6, 6.07) is 17.8. The predicted molar refractivity (Wildman–Crippen MR) is 144 cm³/mol. The Morgan fingerprint density at radius 3 is 2.66 bits per heavy atom. The fourth-order valence-electron chi connectivity index (χ4n) is 4.17. The van der Waals surface area contributed by atoms with Crippen molar-refractivity contribution in [3.63, 3.8) is 0 Å². The van der Waals surface area contributed by atoms with Crippen molar-refractivity contribution in [1.82, 2.24) is 24.8 Å². The van der Waals surface area contributed by atoms with Gasteiger partial charge in [-0.1, -0.05) is 44.2 Å². The van der Waals surface area contributed by atoms with Gasteiger partial charge in [-0.3, -0.25) is 5.10 Å². The van der Waals surface area contributed by atoms with Gasteiger partial charge in [-0.15, -0.1) is 11.3 Å². The molecule has 0 amide bonds. The third-order valence-electron chi connectivity index (χ3n) is 6.21. The van der Waals surface area contributed by atoms with Crippen molar-refractivity contribution in [3.8, 4) is 11.4 Å². The van der Waals surface area contributed by atoms with Crippen LogP contribution in [-0.4, -0.2) is 53.9 Å². The van der Waals surface area contributed by atoms with Crippen LogP contribution in [0.5, 0.6) is 0 Å². The Balaban J connectivity index is 1.51. The van der Waals surface area contributed by atoms with E-state index in [4.69, 9.17) is 4.98 Å². The van der Waals surface area contributed by atoms with E-state index in [1.165, 1.54) is 4.70 Å². The molecule has 0 fully saturated rings. The van der Waals surface area contributed by atoms with E-state index in [2.05, 4.69) is 69.4 Å². The highest BCUT2D eigenvalue weighted by Gasteiger charge is 2.23. The van der Waals surface area contributed by atoms with Crippen molar-refractivity contribution in [2.45, 2.75) is 39.2 Å². The van der Waals surface area contributed by atoms with Crippen LogP contribution in [0, 0.1) is 0 Å². The molecule has 0 unspecified atom stereocenters. The highest BCUT2D eigenvalue weighted by Crippen LogP contribution is 2.27. The number of hydrogen-bond acceptors (Lipinski definition) is 6. The van der Waals surface area contributed by atoms with E-state index in [9.17, 15) is 8.42 Å². The fourth-order valence-corrected chi connectivity index (χ4v) is 6.23. The van der Waals surface area contributed by atoms with Gasteiger partial charge in [-0.25, -0.2) is 18.1 Å². The topological polar surface area (TPSA) is 91.0 Å². The Labute approximate surface area is 211 Å². The average molecular weight is 512 g/mol. The van der Waals surface area contributed by atoms with E-state index in [0.29, 0.717) is 24.5 Å². The molecular weight excluding hydrogens is 478 g/mol. The number of fused-ring (bicyclic) bond motifs is 1. The summed E-state index contributed by atoms with van der Waals surface area (Å²) in [5.41, 5.74) is 2.06. The van der Waals surface area contributed by atoms with Gasteiger partial charge >= 0.3 is 0 Å². The van der Waals surface area contributed by atoms with E-state index in [-0.39, 0.29) is 5.75 Å². The van der Waals surface area contributed by atoms with Gasteiger partial charge in [-0.05, 0) is 79.5 Å². The molecule has 2 heterocycles. The molecular formula is C26H33N5O2S2. The largest absolute Gasteiger partial charge is 0.304 e. The lowest BCUT2D eigenvalue weighted by Gasteiger charge is -2.19. The van der Waals surface area contributed by atoms with Crippen molar-refractivity contribution in [2.24, 2.45) is 0 Å². The van der Waals surface area contributed by atoms with Crippen molar-refractivity contribution >= 4 is 31.4 Å². The molecule has 7 nitrogen and oxygen atoms in total. The zero-order valence-corrected chi connectivity index (χ0v) is 21.9. The number of rotatable bonds is 13. The van der Waals surface area contributed by atoms with Crippen molar-refractivity contribution in [3.05, 3.63) is 71.4 Å². The number of nitrogens with zero attached hydrogens (tertiary/aromatic N) is 3. The van der Waals surface area contributed by atoms with Crippen LogP contribution < -0.4 is 4.72 Å². The predicted octanol–water partition coefficient (Wildman–Crippen LogP) is 5.01. The normalized spacial score (nSPS) is 13.0. The summed E-state index contributed by atoms with van der Waals surface area (Å²) < 4.78 is 30.1. The van der Waals surface area contributed by atoms with E-state index in [1.807, 2.05) is 24.3 Å². The quantitative estimate of drug-likeness (QED) is 0.263. The number of aromatic nitrogens is 3. The van der Waals surface area contributed by atoms with Crippen LogP contribution in [-0.2, 0) is 16.4 Å². The molecule has 0 aliphatic carbocycles. The first kappa shape index (κ1) is 25.5. The molecule has 4 aromatic rings. The summed E-state index contributed by atoms with van der Waals surface area (Å²) in [5.74, 6) is 1.19. The van der Waals surface area contributed by atoms with Crippen LogP contribution in [0.3, 0.4) is 0 Å². The highest BCUT2D eigenvalue weighted by molar-refractivity contribution is 7.89. The molecule has 0 spiro atoms. The van der Waals surface area contributed by atoms with Gasteiger partial charge < -0.3 is 4.90 Å². The standard InChI is InChI=1S/C26H33N5O2S2/c1-3-31(4-2)16-8-18-35(32,33)30-23(13-11-20-9-6-5-7-10-20)26-27-25(28-29-26)22-12-14-24-21(19-22)15-17-34-24/h5-7,9-10,12,14-15,17,19,23,30H,3-4,8,11,13,16,18H2,1-2H3,(H,27,28,29)/t23-/m1/s1. The van der Waals surface area contributed by atoms with Crippen LogP contribution in [0.2, 0.25) is 0 Å². The molecule has 1 atom stereocenters. The highest BCUT2D eigenvalue weighted by atomic mass is 32.2. The summed E-state index contributed by atoms with van der Waals surface area (Å²) in [4.78, 5) is 6.94. The monoisotopic (exact) mass is 511 g/mol. The number of thiophene rings is 1. The molecule has 9 heteroatoms. The third-order valence-corrected chi connectivity index (χ3v) is 8.58. The van der Waals surface area contributed by atoms with Gasteiger partial charge in [0.1, 0.15) is 5.82 Å². The summed E-state index contributed by atoms with van der Waals surface area (Å²) in [5, 5.41) is 10.6. The first-order valence-corrected chi connectivity index (χ1v) is 14.7. The van der Waals surface area contributed by atoms with E-state index in [1.54, 1.807) is 11.3 Å². The molecule has 2 N–H and O–H groups in total. The molecule has 0 bridgehead atoms. The molecule has 2 aromatic heterocycles. The number of nitrogens with one attached hydrogen (secondary N) is 2. The first-order chi connectivity index (χ1) is 17.0. The van der Waals surface area contributed by atoms with Crippen molar-refractivity contribution in [2.75, 3.05) is 25.4 Å². The number of aromatic amines is 1. The second-order valence-corrected chi connectivity index (χ2v) is 11.4. The van der Waals surface area contributed by atoms with Crippen LogP contribution in [0.15, 0.2) is 60.0 Å². The molecule has 186 valence electrons. The number of H-pyrrole nitrogens is 1. The van der Waals surface area contributed by atoms with E-state index < -0.39 is 16.1 Å². The maximum absolute atomic E-state index is 13.0. The minimum atomic E-state index is -3.49. The van der Waals surface area contributed by atoms with Gasteiger partial charge in [0.25, 0.3) is 0 Å². The lowest BCUT2D eigenvalue weighted by Crippen LogP contribution is -2.33. The van der Waals surface area contributed by atoms with Crippen LogP contribution >= 0.6 is 11.3 Å². The van der Waals surface area contributed by atoms with E-state index >= 15 is 0 Å². The summed E-state index contributed by atoms with van der Waals surface area (Å²) in [6.45, 7) is 6.78. The number of hydrogen-bond donors (Lipinski definition) is 2. The Hall–Kier alpha value is -2.59. The van der Waals surface area contributed by atoms with Crippen LogP contribution in [0.4, 0.5) is 0 Å². The SMILES string of the molecule is CCN(CC)CCCS(=O)(=O)N[C@H](CCc1ccccc1)c1nc(-c2ccc3sccc3c2)n[nH]1. The molecule has 0 saturated carbocycles. The van der Waals surface area contributed by atoms with Gasteiger partial charge in [0.2, 0.25) is 10.0 Å². The molecule has 0 aliphatic rings. The third kappa shape index (κ3) is 6.98. The van der Waals surface area contributed by atoms with Gasteiger partial charge in [0, 0.05) is 10.3 Å². The van der Waals surface area contributed by atoms with Gasteiger partial charge in [0.05, 0.1) is 11.8 Å². The van der Waals surface area contributed by atoms with Crippen LogP contribution in [0.1, 0.15) is 44.1 Å². The van der Waals surface area contributed by atoms with Gasteiger partial charge in [0.15, 0.2) is 5.82 Å². The summed E-state index contributed by atoms with van der Waals surface area (Å²) in [7, 11) is -3.49. The molecule has 4 rings (SSSR count). The number of sulfonamides is 1. The van der Waals surface area contributed by atoms with Gasteiger partial charge in [-0.2, -0.15) is 5.10 Å². The van der Waals surface area contributed by atoms with Crippen molar-refractivity contribution < 1.29 is 8.42 Å². The Morgan fingerprint density at radius 2 is 1.89 bits per heavy atom. The second kappa shape index (κ2) is 11.9. The summed E-state index contributed by atoms with van der Waals surface area (Å²) in [6.07, 6.45) is 1.90. The zero-order valence-electron chi connectivity index (χ0n) is 20.3. The average Bonchev–Trinajstić information content (AvgIpc) is 3.54. The van der Waals surface area contributed by atoms with Crippen LogP contribution in [0.25, 0.3) is 21.5 Å². The first-order valence-electron chi connectivity index (χ1n) is 12.1. The zero-order chi connectivity index (χ0) is 24.7. The second-order valence-electron chi connectivity index (χ2n) is 8.61. The molecule has 2 aromatic carbocycles. The van der Waals surface area contributed by atoms with Crippen molar-refractivity contribution in [1.29, 1.82) is 0 Å². The maximum Gasteiger partial charge on any atom is 0.212 e. The molecule has 0 aliphatic heterocycles. The minimum absolute atomic E-state index is 0.0845. The fraction of sp³-hybridized carbons (Fsp3) is 0.385. The maximum atomic E-state index is 13.0. The lowest BCUT2D eigenvalue weighted by atomic mass is 10.1. The summed E-state index contributed by atoms with van der Waals surface area (Å²) >= 11 is 1.69. The Morgan fingerprint density at radius 1 is 1.09 bits per heavy atom. The molecule has 0 saturated heterocycles. The smallest absolute Gasteiger partial charge is 0.212 e. The minimum Gasteiger partial charge on any atom is -0.304 e. The molecule has 0 radical (unpaired) electrons. The Bertz CT molecular complexity index is 1310. The number of aryl methyl sites for hydroxylation is 1. The number of benzene rings is 2. The van der Waals surface area contributed by atoms with E-state index in [0.717, 1.165) is 42.6 Å².